The van der Waals surface area contributed by atoms with E-state index in [2.05, 4.69) is 42.6 Å². The van der Waals surface area contributed by atoms with Crippen molar-refractivity contribution >= 4 is 5.69 Å². The first kappa shape index (κ1) is 12.5. The second kappa shape index (κ2) is 6.10. The lowest BCUT2D eigenvalue weighted by Crippen LogP contribution is -2.06. The Balaban J connectivity index is 2.07. The third-order valence-electron chi connectivity index (χ3n) is 2.83. The van der Waals surface area contributed by atoms with Gasteiger partial charge in [0.15, 0.2) is 0 Å². The first-order chi connectivity index (χ1) is 8.79. The molecular weight excluding hydrogens is 222 g/mol. The molecule has 2 nitrogen and oxygen atoms in total. The smallest absolute Gasteiger partial charge is 0.121 e. The fraction of sp³-hybridized carbons (Fsp3) is 0.250. The van der Waals surface area contributed by atoms with E-state index in [9.17, 15) is 0 Å². The standard InChI is InChI=1S/C16H19NO/c1-3-18-16-11-7-10-15(12-16)17-13(2)14-8-5-4-6-9-14/h4-13,17H,3H2,1-2H3. The summed E-state index contributed by atoms with van der Waals surface area (Å²) in [6.45, 7) is 4.84. The van der Waals surface area contributed by atoms with Crippen molar-refractivity contribution in [3.05, 3.63) is 60.2 Å². The molecule has 0 heterocycles. The molecule has 1 N–H and O–H groups in total. The highest BCUT2D eigenvalue weighted by atomic mass is 16.5. The first-order valence-corrected chi connectivity index (χ1v) is 6.34. The highest BCUT2D eigenvalue weighted by molar-refractivity contribution is 5.49. The summed E-state index contributed by atoms with van der Waals surface area (Å²) in [6, 6.07) is 18.8. The summed E-state index contributed by atoms with van der Waals surface area (Å²) in [5, 5.41) is 3.48. The van der Waals surface area contributed by atoms with E-state index in [1.165, 1.54) is 5.56 Å². The van der Waals surface area contributed by atoms with E-state index in [1.54, 1.807) is 0 Å². The van der Waals surface area contributed by atoms with Crippen LogP contribution in [-0.4, -0.2) is 6.61 Å². The van der Waals surface area contributed by atoms with Crippen molar-refractivity contribution in [1.82, 2.24) is 0 Å². The number of hydrogen-bond donors (Lipinski definition) is 1. The number of anilines is 1. The van der Waals surface area contributed by atoms with Gasteiger partial charge < -0.3 is 10.1 Å². The van der Waals surface area contributed by atoms with Crippen LogP contribution in [0.2, 0.25) is 0 Å². The molecule has 0 aromatic heterocycles. The summed E-state index contributed by atoms with van der Waals surface area (Å²) in [4.78, 5) is 0. The van der Waals surface area contributed by atoms with Gasteiger partial charge >= 0.3 is 0 Å². The van der Waals surface area contributed by atoms with Gasteiger partial charge in [-0.15, -0.1) is 0 Å². The van der Waals surface area contributed by atoms with Crippen LogP contribution in [0.4, 0.5) is 5.69 Å². The van der Waals surface area contributed by atoms with Crippen molar-refractivity contribution in [2.45, 2.75) is 19.9 Å². The quantitative estimate of drug-likeness (QED) is 0.844. The third-order valence-corrected chi connectivity index (χ3v) is 2.83. The maximum absolute atomic E-state index is 5.49. The Hall–Kier alpha value is -1.96. The van der Waals surface area contributed by atoms with Gasteiger partial charge in [-0.1, -0.05) is 36.4 Å². The number of hydrogen-bond acceptors (Lipinski definition) is 2. The molecule has 1 unspecified atom stereocenters. The Labute approximate surface area is 109 Å². The number of ether oxygens (including phenoxy) is 1. The van der Waals surface area contributed by atoms with Gasteiger partial charge in [-0.25, -0.2) is 0 Å². The molecule has 2 aromatic carbocycles. The van der Waals surface area contributed by atoms with Crippen LogP contribution >= 0.6 is 0 Å². The second-order valence-electron chi connectivity index (χ2n) is 4.24. The third kappa shape index (κ3) is 3.27. The zero-order valence-electron chi connectivity index (χ0n) is 10.9. The van der Waals surface area contributed by atoms with E-state index in [4.69, 9.17) is 4.74 Å². The number of rotatable bonds is 5. The average molecular weight is 241 g/mol. The molecule has 0 spiro atoms. The van der Waals surface area contributed by atoms with Gasteiger partial charge in [-0.05, 0) is 31.5 Å². The van der Waals surface area contributed by atoms with Gasteiger partial charge in [0, 0.05) is 17.8 Å². The van der Waals surface area contributed by atoms with E-state index < -0.39 is 0 Å². The van der Waals surface area contributed by atoms with Crippen LogP contribution < -0.4 is 10.1 Å². The summed E-state index contributed by atoms with van der Waals surface area (Å²) in [7, 11) is 0. The molecule has 0 fully saturated rings. The van der Waals surface area contributed by atoms with Crippen molar-refractivity contribution in [2.24, 2.45) is 0 Å². The second-order valence-corrected chi connectivity index (χ2v) is 4.24. The zero-order chi connectivity index (χ0) is 12.8. The summed E-state index contributed by atoms with van der Waals surface area (Å²) >= 11 is 0. The average Bonchev–Trinajstić information content (AvgIpc) is 2.40. The van der Waals surface area contributed by atoms with Crippen LogP contribution in [0.3, 0.4) is 0 Å². The normalized spacial score (nSPS) is 11.9. The lowest BCUT2D eigenvalue weighted by Gasteiger charge is -2.16. The summed E-state index contributed by atoms with van der Waals surface area (Å²) < 4.78 is 5.49. The minimum Gasteiger partial charge on any atom is -0.494 e. The Kier molecular flexibility index (Phi) is 4.24. The molecular formula is C16H19NO. The zero-order valence-corrected chi connectivity index (χ0v) is 10.9. The molecule has 0 amide bonds. The Morgan fingerprint density at radius 1 is 1.06 bits per heavy atom. The monoisotopic (exact) mass is 241 g/mol. The van der Waals surface area contributed by atoms with Crippen molar-refractivity contribution in [3.8, 4) is 5.75 Å². The van der Waals surface area contributed by atoms with Crippen molar-refractivity contribution in [3.63, 3.8) is 0 Å². The SMILES string of the molecule is CCOc1cccc(NC(C)c2ccccc2)c1. The van der Waals surface area contributed by atoms with E-state index >= 15 is 0 Å². The molecule has 0 saturated carbocycles. The van der Waals surface area contributed by atoms with Crippen LogP contribution in [0.15, 0.2) is 54.6 Å². The van der Waals surface area contributed by atoms with Gasteiger partial charge in [0.05, 0.1) is 6.61 Å². The van der Waals surface area contributed by atoms with Gasteiger partial charge in [-0.2, -0.15) is 0 Å². The van der Waals surface area contributed by atoms with E-state index in [1.807, 2.05) is 31.2 Å². The highest BCUT2D eigenvalue weighted by Crippen LogP contribution is 2.22. The maximum Gasteiger partial charge on any atom is 0.121 e. The van der Waals surface area contributed by atoms with Crippen molar-refractivity contribution < 1.29 is 4.74 Å². The molecule has 2 rings (SSSR count). The van der Waals surface area contributed by atoms with Crippen molar-refractivity contribution in [2.75, 3.05) is 11.9 Å². The molecule has 0 aliphatic rings. The first-order valence-electron chi connectivity index (χ1n) is 6.34. The molecule has 0 aliphatic carbocycles. The maximum atomic E-state index is 5.49. The van der Waals surface area contributed by atoms with Crippen LogP contribution in [0.1, 0.15) is 25.5 Å². The lowest BCUT2D eigenvalue weighted by atomic mass is 10.1. The topological polar surface area (TPSA) is 21.3 Å². The van der Waals surface area contributed by atoms with Gasteiger partial charge in [-0.3, -0.25) is 0 Å². The summed E-state index contributed by atoms with van der Waals surface area (Å²) in [5.74, 6) is 0.905. The molecule has 2 heteroatoms. The van der Waals surface area contributed by atoms with Gasteiger partial charge in [0.1, 0.15) is 5.75 Å². The van der Waals surface area contributed by atoms with Gasteiger partial charge in [0.2, 0.25) is 0 Å². The Bertz CT molecular complexity index is 481. The number of benzene rings is 2. The van der Waals surface area contributed by atoms with Crippen LogP contribution in [0.25, 0.3) is 0 Å². The predicted molar refractivity (Wildman–Crippen MR) is 76.1 cm³/mol. The van der Waals surface area contributed by atoms with Crippen LogP contribution in [-0.2, 0) is 0 Å². The fourth-order valence-corrected chi connectivity index (χ4v) is 1.92. The molecule has 94 valence electrons. The molecule has 2 aromatic rings. The van der Waals surface area contributed by atoms with Crippen LogP contribution in [0.5, 0.6) is 5.75 Å². The molecule has 0 bridgehead atoms. The highest BCUT2D eigenvalue weighted by Gasteiger charge is 2.04. The van der Waals surface area contributed by atoms with Crippen LogP contribution in [0, 0.1) is 0 Å². The Morgan fingerprint density at radius 3 is 2.56 bits per heavy atom. The Morgan fingerprint density at radius 2 is 1.83 bits per heavy atom. The largest absolute Gasteiger partial charge is 0.494 e. The minimum atomic E-state index is 0.281. The predicted octanol–water partition coefficient (Wildman–Crippen LogP) is 4.26. The van der Waals surface area contributed by atoms with Gasteiger partial charge in [0.25, 0.3) is 0 Å². The van der Waals surface area contributed by atoms with Crippen molar-refractivity contribution in [1.29, 1.82) is 0 Å². The van der Waals surface area contributed by atoms with E-state index in [0.29, 0.717) is 6.61 Å². The summed E-state index contributed by atoms with van der Waals surface area (Å²) in [5.41, 5.74) is 2.36. The summed E-state index contributed by atoms with van der Waals surface area (Å²) in [6.07, 6.45) is 0. The molecule has 0 radical (unpaired) electrons. The number of nitrogens with one attached hydrogen (secondary N) is 1. The van der Waals surface area contributed by atoms with E-state index in [0.717, 1.165) is 11.4 Å². The lowest BCUT2D eigenvalue weighted by molar-refractivity contribution is 0.340. The molecule has 1 atom stereocenters. The fourth-order valence-electron chi connectivity index (χ4n) is 1.92. The molecule has 0 aliphatic heterocycles. The minimum absolute atomic E-state index is 0.281. The van der Waals surface area contributed by atoms with E-state index in [-0.39, 0.29) is 6.04 Å². The molecule has 0 saturated heterocycles. The molecule has 18 heavy (non-hydrogen) atoms.